The van der Waals surface area contributed by atoms with Crippen LogP contribution in [-0.4, -0.2) is 27.8 Å². The van der Waals surface area contributed by atoms with Gasteiger partial charge in [-0.2, -0.15) is 0 Å². The molecule has 0 saturated carbocycles. The molecule has 0 N–H and O–H groups in total. The van der Waals surface area contributed by atoms with Crippen molar-refractivity contribution < 1.29 is 18.9 Å². The lowest BCUT2D eigenvalue weighted by molar-refractivity contribution is 0.0323. The van der Waals surface area contributed by atoms with Gasteiger partial charge in [0.2, 0.25) is 0 Å². The number of rotatable bonds is 7. The Kier molecular flexibility index (Phi) is 5.87. The molecule has 3 aromatic rings. The molecule has 0 saturated heterocycles. The minimum absolute atomic E-state index is 0.0681. The molecule has 1 aliphatic rings. The number of hydrogen-bond donors (Lipinski definition) is 0. The first-order valence-electron chi connectivity index (χ1n) is 9.78. The molecule has 0 amide bonds. The number of ether oxygens (including phenoxy) is 4. The standard InChI is InChI=1S/C25H25BrO4/c1-25(2)21-11-16(5-8-19(21)20-9-7-18(26)13-22(20)25)17-6-10-23(29-14-27-3)24(12-17)30-15-28-4/h5-13H,14-15H2,1-4H3. The van der Waals surface area contributed by atoms with Gasteiger partial charge in [0, 0.05) is 24.1 Å². The maximum Gasteiger partial charge on any atom is 0.188 e. The molecule has 4 rings (SSSR count). The molecule has 4 nitrogen and oxygen atoms in total. The van der Waals surface area contributed by atoms with Crippen molar-refractivity contribution in [3.05, 3.63) is 70.2 Å². The fraction of sp³-hybridized carbons (Fsp3) is 0.280. The molecule has 0 aliphatic heterocycles. The number of halogens is 1. The summed E-state index contributed by atoms with van der Waals surface area (Å²) in [6.45, 7) is 4.86. The van der Waals surface area contributed by atoms with Crippen LogP contribution in [-0.2, 0) is 14.9 Å². The summed E-state index contributed by atoms with van der Waals surface area (Å²) in [5, 5.41) is 0. The molecule has 1 aliphatic carbocycles. The fourth-order valence-electron chi connectivity index (χ4n) is 4.05. The van der Waals surface area contributed by atoms with Gasteiger partial charge in [-0.1, -0.05) is 54.0 Å². The van der Waals surface area contributed by atoms with Crippen molar-refractivity contribution in [2.45, 2.75) is 19.3 Å². The average Bonchev–Trinajstić information content (AvgIpc) is 2.97. The van der Waals surface area contributed by atoms with Gasteiger partial charge in [-0.3, -0.25) is 0 Å². The van der Waals surface area contributed by atoms with E-state index in [4.69, 9.17) is 18.9 Å². The van der Waals surface area contributed by atoms with Gasteiger partial charge in [-0.25, -0.2) is 0 Å². The zero-order chi connectivity index (χ0) is 21.3. The third-order valence-corrected chi connectivity index (χ3v) is 6.07. The van der Waals surface area contributed by atoms with E-state index in [1.807, 2.05) is 18.2 Å². The molecule has 0 spiro atoms. The van der Waals surface area contributed by atoms with E-state index < -0.39 is 0 Å². The second-order valence-electron chi connectivity index (χ2n) is 7.84. The van der Waals surface area contributed by atoms with Crippen LogP contribution >= 0.6 is 15.9 Å². The Hall–Kier alpha value is -2.34. The van der Waals surface area contributed by atoms with Crippen molar-refractivity contribution in [1.29, 1.82) is 0 Å². The lowest BCUT2D eigenvalue weighted by Crippen LogP contribution is -2.15. The van der Waals surface area contributed by atoms with Crippen molar-refractivity contribution in [2.75, 3.05) is 27.8 Å². The molecule has 0 fully saturated rings. The van der Waals surface area contributed by atoms with Gasteiger partial charge < -0.3 is 18.9 Å². The predicted octanol–water partition coefficient (Wildman–Crippen LogP) is 6.39. The highest BCUT2D eigenvalue weighted by Gasteiger charge is 2.35. The van der Waals surface area contributed by atoms with Gasteiger partial charge in [0.1, 0.15) is 0 Å². The van der Waals surface area contributed by atoms with Gasteiger partial charge in [0.05, 0.1) is 0 Å². The Balaban J connectivity index is 1.75. The van der Waals surface area contributed by atoms with E-state index in [0.717, 1.165) is 15.6 Å². The van der Waals surface area contributed by atoms with Crippen LogP contribution in [0, 0.1) is 0 Å². The molecule has 0 unspecified atom stereocenters. The summed E-state index contributed by atoms with van der Waals surface area (Å²) in [5.41, 5.74) is 7.39. The first kappa shape index (κ1) is 20.9. The largest absolute Gasteiger partial charge is 0.464 e. The topological polar surface area (TPSA) is 36.9 Å². The highest BCUT2D eigenvalue weighted by molar-refractivity contribution is 9.10. The fourth-order valence-corrected chi connectivity index (χ4v) is 4.41. The van der Waals surface area contributed by atoms with Crippen molar-refractivity contribution >= 4 is 15.9 Å². The summed E-state index contributed by atoms with van der Waals surface area (Å²) < 4.78 is 22.6. The van der Waals surface area contributed by atoms with Gasteiger partial charge >= 0.3 is 0 Å². The smallest absolute Gasteiger partial charge is 0.188 e. The van der Waals surface area contributed by atoms with Crippen molar-refractivity contribution in [1.82, 2.24) is 0 Å². The molecule has 0 radical (unpaired) electrons. The Bertz CT molecular complexity index is 1070. The lowest BCUT2D eigenvalue weighted by Gasteiger charge is -2.22. The van der Waals surface area contributed by atoms with E-state index >= 15 is 0 Å². The quantitative estimate of drug-likeness (QED) is 0.376. The van der Waals surface area contributed by atoms with E-state index in [1.54, 1.807) is 14.2 Å². The zero-order valence-corrected chi connectivity index (χ0v) is 19.2. The van der Waals surface area contributed by atoms with Crippen LogP contribution in [0.25, 0.3) is 22.3 Å². The van der Waals surface area contributed by atoms with Crippen molar-refractivity contribution in [3.63, 3.8) is 0 Å². The summed E-state index contributed by atoms with van der Waals surface area (Å²) >= 11 is 3.62. The normalized spacial score (nSPS) is 13.6. The summed E-state index contributed by atoms with van der Waals surface area (Å²) in [6.07, 6.45) is 0. The van der Waals surface area contributed by atoms with E-state index in [9.17, 15) is 0 Å². The summed E-state index contributed by atoms with van der Waals surface area (Å²) in [4.78, 5) is 0. The van der Waals surface area contributed by atoms with Crippen LogP contribution in [0.4, 0.5) is 0 Å². The molecule has 30 heavy (non-hydrogen) atoms. The van der Waals surface area contributed by atoms with Crippen molar-refractivity contribution in [2.24, 2.45) is 0 Å². The number of methoxy groups -OCH3 is 2. The van der Waals surface area contributed by atoms with Crippen molar-refractivity contribution in [3.8, 4) is 33.8 Å². The second-order valence-corrected chi connectivity index (χ2v) is 8.75. The molecule has 156 valence electrons. The minimum atomic E-state index is -0.0681. The molecule has 0 aromatic heterocycles. The Labute approximate surface area is 185 Å². The SMILES string of the molecule is COCOc1ccc(-c2ccc3c(c2)C(C)(C)c2cc(Br)ccc2-3)cc1OCOC. The first-order chi connectivity index (χ1) is 14.5. The number of benzene rings is 3. The molecule has 0 atom stereocenters. The highest BCUT2D eigenvalue weighted by atomic mass is 79.9. The van der Waals surface area contributed by atoms with Crippen LogP contribution in [0.15, 0.2) is 59.1 Å². The van der Waals surface area contributed by atoms with E-state index in [2.05, 4.69) is 66.2 Å². The number of hydrogen-bond acceptors (Lipinski definition) is 4. The van der Waals surface area contributed by atoms with Crippen LogP contribution in [0.2, 0.25) is 0 Å². The molecule has 0 heterocycles. The molecular weight excluding hydrogens is 444 g/mol. The minimum Gasteiger partial charge on any atom is -0.464 e. The summed E-state index contributed by atoms with van der Waals surface area (Å²) in [5.74, 6) is 1.25. The highest BCUT2D eigenvalue weighted by Crippen LogP contribution is 2.50. The third-order valence-electron chi connectivity index (χ3n) is 5.58. The third kappa shape index (κ3) is 3.73. The molecule has 0 bridgehead atoms. The van der Waals surface area contributed by atoms with Gasteiger partial charge in [0.25, 0.3) is 0 Å². The first-order valence-corrected chi connectivity index (χ1v) is 10.6. The monoisotopic (exact) mass is 468 g/mol. The van der Waals surface area contributed by atoms with Gasteiger partial charge in [-0.05, 0) is 63.7 Å². The van der Waals surface area contributed by atoms with E-state index in [-0.39, 0.29) is 19.0 Å². The van der Waals surface area contributed by atoms with Crippen LogP contribution in [0.5, 0.6) is 11.5 Å². The van der Waals surface area contributed by atoms with E-state index in [0.29, 0.717) is 11.5 Å². The van der Waals surface area contributed by atoms with Gasteiger partial charge in [0.15, 0.2) is 25.1 Å². The molecule has 5 heteroatoms. The van der Waals surface area contributed by atoms with Gasteiger partial charge in [-0.15, -0.1) is 0 Å². The molecule has 3 aromatic carbocycles. The maximum absolute atomic E-state index is 5.73. The second kappa shape index (κ2) is 8.42. The maximum atomic E-state index is 5.73. The average molecular weight is 469 g/mol. The summed E-state index contributed by atoms with van der Waals surface area (Å²) in [6, 6.07) is 19.1. The zero-order valence-electron chi connectivity index (χ0n) is 17.6. The van der Waals surface area contributed by atoms with Crippen LogP contribution in [0.1, 0.15) is 25.0 Å². The van der Waals surface area contributed by atoms with Crippen LogP contribution < -0.4 is 9.47 Å². The summed E-state index contributed by atoms with van der Waals surface area (Å²) in [7, 11) is 3.19. The lowest BCUT2D eigenvalue weighted by atomic mass is 9.81. The Morgan fingerprint density at radius 1 is 0.700 bits per heavy atom. The Morgan fingerprint density at radius 2 is 1.27 bits per heavy atom. The molecular formula is C25H25BrO4. The van der Waals surface area contributed by atoms with Crippen LogP contribution in [0.3, 0.4) is 0 Å². The Morgan fingerprint density at radius 3 is 1.97 bits per heavy atom. The predicted molar refractivity (Wildman–Crippen MR) is 122 cm³/mol. The number of fused-ring (bicyclic) bond motifs is 3. The van der Waals surface area contributed by atoms with E-state index in [1.165, 1.54) is 22.3 Å².